The summed E-state index contributed by atoms with van der Waals surface area (Å²) < 4.78 is 5.09. The van der Waals surface area contributed by atoms with Crippen molar-refractivity contribution in [2.75, 3.05) is 13.1 Å². The monoisotopic (exact) mass is 260 g/mol. The summed E-state index contributed by atoms with van der Waals surface area (Å²) in [5, 5.41) is 3.34. The summed E-state index contributed by atoms with van der Waals surface area (Å²) in [5.41, 5.74) is 9.16. The highest BCUT2D eigenvalue weighted by molar-refractivity contribution is 5.92. The van der Waals surface area contributed by atoms with Crippen molar-refractivity contribution < 1.29 is 14.3 Å². The number of amides is 1. The normalized spacial score (nSPS) is 18.0. The zero-order valence-corrected chi connectivity index (χ0v) is 10.1. The summed E-state index contributed by atoms with van der Waals surface area (Å²) in [6, 6.07) is 8.44. The van der Waals surface area contributed by atoms with Crippen LogP contribution in [0.5, 0.6) is 0 Å². The van der Waals surface area contributed by atoms with Crippen LogP contribution in [-0.2, 0) is 16.1 Å². The number of carbonyl (C=O) groups excluding carboxylic acids is 2. The Kier molecular flexibility index (Phi) is 4.00. The number of ether oxygens (including phenoxy) is 1. The first-order chi connectivity index (χ1) is 9.20. The van der Waals surface area contributed by atoms with Crippen LogP contribution < -0.4 is 0 Å². The van der Waals surface area contributed by atoms with E-state index in [0.29, 0.717) is 0 Å². The van der Waals surface area contributed by atoms with Gasteiger partial charge in [0.05, 0.1) is 6.54 Å². The van der Waals surface area contributed by atoms with E-state index in [1.807, 2.05) is 30.3 Å². The molecule has 7 nitrogen and oxygen atoms in total. The molecule has 1 amide bonds. The van der Waals surface area contributed by atoms with Crippen molar-refractivity contribution in [3.63, 3.8) is 0 Å². The lowest BCUT2D eigenvalue weighted by Gasteiger charge is -2.14. The number of nitrogens with zero attached hydrogens (tertiary/aromatic N) is 4. The lowest BCUT2D eigenvalue weighted by atomic mass is 10.2. The molecule has 0 N–H and O–H groups in total. The Bertz CT molecular complexity index is 525. The maximum absolute atomic E-state index is 11.7. The molecule has 1 aliphatic rings. The molecule has 0 spiro atoms. The molecule has 7 heteroatoms. The minimum atomic E-state index is -0.797. The molecule has 1 atom stereocenters. The van der Waals surface area contributed by atoms with E-state index in [-0.39, 0.29) is 25.5 Å². The standard InChI is InChI=1S/C12H12N4O3/c13-15-14-10-6-16(7-11(10)17)12(18)19-8-9-4-2-1-3-5-9/h1-5,10H,6-8H2. The van der Waals surface area contributed by atoms with Crippen LogP contribution >= 0.6 is 0 Å². The third kappa shape index (κ3) is 3.23. The number of rotatable bonds is 3. The molecule has 98 valence electrons. The van der Waals surface area contributed by atoms with Crippen molar-refractivity contribution in [1.29, 1.82) is 0 Å². The second kappa shape index (κ2) is 5.88. The maximum Gasteiger partial charge on any atom is 0.410 e. The molecule has 0 saturated carbocycles. The van der Waals surface area contributed by atoms with E-state index in [1.165, 1.54) is 4.90 Å². The average molecular weight is 260 g/mol. The first-order valence-electron chi connectivity index (χ1n) is 5.73. The van der Waals surface area contributed by atoms with Gasteiger partial charge in [0.15, 0.2) is 5.78 Å². The summed E-state index contributed by atoms with van der Waals surface area (Å²) >= 11 is 0. The maximum atomic E-state index is 11.7. The fourth-order valence-corrected chi connectivity index (χ4v) is 1.78. The van der Waals surface area contributed by atoms with Crippen molar-refractivity contribution >= 4 is 11.9 Å². The molecule has 0 aliphatic carbocycles. The molecule has 0 aromatic heterocycles. The third-order valence-electron chi connectivity index (χ3n) is 2.77. The van der Waals surface area contributed by atoms with Crippen LogP contribution in [0, 0.1) is 0 Å². The predicted octanol–water partition coefficient (Wildman–Crippen LogP) is 1.89. The number of hydrogen-bond acceptors (Lipinski definition) is 4. The van der Waals surface area contributed by atoms with E-state index in [4.69, 9.17) is 10.3 Å². The van der Waals surface area contributed by atoms with E-state index in [0.717, 1.165) is 5.56 Å². The molecule has 1 fully saturated rings. The number of hydrogen-bond donors (Lipinski definition) is 0. The van der Waals surface area contributed by atoms with E-state index in [9.17, 15) is 9.59 Å². The van der Waals surface area contributed by atoms with Gasteiger partial charge in [0, 0.05) is 11.5 Å². The van der Waals surface area contributed by atoms with Gasteiger partial charge in [-0.2, -0.15) is 0 Å². The number of likely N-dealkylation sites (tertiary alicyclic amines) is 1. The van der Waals surface area contributed by atoms with Crippen molar-refractivity contribution in [1.82, 2.24) is 4.90 Å². The van der Waals surface area contributed by atoms with Crippen LogP contribution in [0.15, 0.2) is 35.4 Å². The molecule has 1 saturated heterocycles. The number of azide groups is 1. The number of carbonyl (C=O) groups is 2. The molecule has 1 unspecified atom stereocenters. The molecule has 19 heavy (non-hydrogen) atoms. The lowest BCUT2D eigenvalue weighted by molar-refractivity contribution is -0.117. The minimum absolute atomic E-state index is 0.0721. The number of benzene rings is 1. The number of ketones is 1. The largest absolute Gasteiger partial charge is 0.445 e. The van der Waals surface area contributed by atoms with Gasteiger partial charge in [-0.15, -0.1) is 0 Å². The van der Waals surface area contributed by atoms with Gasteiger partial charge in [-0.05, 0) is 11.1 Å². The highest BCUT2D eigenvalue weighted by atomic mass is 16.6. The van der Waals surface area contributed by atoms with Gasteiger partial charge in [-0.3, -0.25) is 4.79 Å². The fraction of sp³-hybridized carbons (Fsp3) is 0.333. The lowest BCUT2D eigenvalue weighted by Crippen LogP contribution is -2.29. The van der Waals surface area contributed by atoms with E-state index < -0.39 is 12.1 Å². The third-order valence-corrected chi connectivity index (χ3v) is 2.77. The van der Waals surface area contributed by atoms with Gasteiger partial charge in [-0.25, -0.2) is 4.79 Å². The van der Waals surface area contributed by atoms with Gasteiger partial charge in [-0.1, -0.05) is 35.4 Å². The van der Waals surface area contributed by atoms with Gasteiger partial charge >= 0.3 is 6.09 Å². The Hall–Kier alpha value is -2.53. The van der Waals surface area contributed by atoms with Crippen molar-refractivity contribution in [3.05, 3.63) is 46.3 Å². The van der Waals surface area contributed by atoms with Gasteiger partial charge in [0.1, 0.15) is 12.6 Å². The summed E-state index contributed by atoms with van der Waals surface area (Å²) in [5.74, 6) is -0.269. The SMILES string of the molecule is [N-]=[N+]=NC1CN(C(=O)OCc2ccccc2)CC1=O. The molecular weight excluding hydrogens is 248 g/mol. The molecule has 1 aromatic carbocycles. The second-order valence-electron chi connectivity index (χ2n) is 4.11. The van der Waals surface area contributed by atoms with Crippen LogP contribution in [0.25, 0.3) is 10.4 Å². The highest BCUT2D eigenvalue weighted by Gasteiger charge is 2.33. The average Bonchev–Trinajstić information content (AvgIpc) is 2.79. The van der Waals surface area contributed by atoms with Crippen LogP contribution in [0.4, 0.5) is 4.79 Å². The molecular formula is C12H12N4O3. The topological polar surface area (TPSA) is 95.4 Å². The van der Waals surface area contributed by atoms with E-state index >= 15 is 0 Å². The van der Waals surface area contributed by atoms with Crippen LogP contribution in [-0.4, -0.2) is 35.9 Å². The molecule has 1 heterocycles. The minimum Gasteiger partial charge on any atom is -0.445 e. The zero-order chi connectivity index (χ0) is 13.7. The first kappa shape index (κ1) is 12.9. The van der Waals surface area contributed by atoms with Crippen LogP contribution in [0.1, 0.15) is 5.56 Å². The van der Waals surface area contributed by atoms with E-state index in [2.05, 4.69) is 10.0 Å². The molecule has 2 rings (SSSR count). The predicted molar refractivity (Wildman–Crippen MR) is 66.1 cm³/mol. The molecule has 1 aromatic rings. The Labute approximate surface area is 109 Å². The zero-order valence-electron chi connectivity index (χ0n) is 10.1. The van der Waals surface area contributed by atoms with Crippen molar-refractivity contribution in [2.24, 2.45) is 5.11 Å². The van der Waals surface area contributed by atoms with Crippen LogP contribution in [0.2, 0.25) is 0 Å². The fourth-order valence-electron chi connectivity index (χ4n) is 1.78. The first-order valence-corrected chi connectivity index (χ1v) is 5.73. The Morgan fingerprint density at radius 2 is 2.21 bits per heavy atom. The van der Waals surface area contributed by atoms with Gasteiger partial charge in [0.2, 0.25) is 0 Å². The summed E-state index contributed by atoms with van der Waals surface area (Å²) in [4.78, 5) is 27.0. The van der Waals surface area contributed by atoms with Gasteiger partial charge in [0.25, 0.3) is 0 Å². The Balaban J connectivity index is 1.88. The smallest absolute Gasteiger partial charge is 0.410 e. The molecule has 1 aliphatic heterocycles. The van der Waals surface area contributed by atoms with Crippen molar-refractivity contribution in [2.45, 2.75) is 12.6 Å². The summed E-state index contributed by atoms with van der Waals surface area (Å²) in [6.07, 6.45) is -0.576. The summed E-state index contributed by atoms with van der Waals surface area (Å²) in [7, 11) is 0. The van der Waals surface area contributed by atoms with Crippen LogP contribution in [0.3, 0.4) is 0 Å². The quantitative estimate of drug-likeness (QED) is 0.471. The molecule has 0 bridgehead atoms. The summed E-state index contributed by atoms with van der Waals surface area (Å²) in [6.45, 7) is 0.157. The highest BCUT2D eigenvalue weighted by Crippen LogP contribution is 2.12. The Morgan fingerprint density at radius 3 is 2.89 bits per heavy atom. The van der Waals surface area contributed by atoms with Gasteiger partial charge < -0.3 is 9.64 Å². The van der Waals surface area contributed by atoms with Crippen molar-refractivity contribution in [3.8, 4) is 0 Å². The van der Waals surface area contributed by atoms with E-state index in [1.54, 1.807) is 0 Å². The molecule has 0 radical (unpaired) electrons. The Morgan fingerprint density at radius 1 is 1.47 bits per heavy atom. The second-order valence-corrected chi connectivity index (χ2v) is 4.11. The number of Topliss-reactive ketones (excluding diaryl/α,β-unsaturated/α-hetero) is 1.